The molecule has 0 spiro atoms. The van der Waals surface area contributed by atoms with Gasteiger partial charge in [-0.2, -0.15) is 0 Å². The minimum Gasteiger partial charge on any atom is -0.396 e. The molecule has 3 N–H and O–H groups in total. The number of rotatable bonds is 1. The van der Waals surface area contributed by atoms with Crippen LogP contribution in [0.3, 0.4) is 0 Å². The Morgan fingerprint density at radius 2 is 1.70 bits per heavy atom. The monoisotopic (exact) mass is 145 g/mol. The smallest absolute Gasteiger partial charge is 0.0459 e. The molecular weight excluding hydrogens is 126 g/mol. The van der Waals surface area contributed by atoms with Gasteiger partial charge in [-0.05, 0) is 25.8 Å². The van der Waals surface area contributed by atoms with Crippen molar-refractivity contribution in [3.8, 4) is 0 Å². The second kappa shape index (κ2) is 7.03. The number of nitrogens with two attached hydrogens (primary N) is 1. The van der Waals surface area contributed by atoms with Gasteiger partial charge in [0.2, 0.25) is 0 Å². The summed E-state index contributed by atoms with van der Waals surface area (Å²) >= 11 is 0. The van der Waals surface area contributed by atoms with Crippen LogP contribution >= 0.6 is 0 Å². The Morgan fingerprint density at radius 3 is 2.00 bits per heavy atom. The van der Waals surface area contributed by atoms with Crippen molar-refractivity contribution in [1.29, 1.82) is 0 Å². The number of aliphatic hydroxyl groups is 1. The van der Waals surface area contributed by atoms with Crippen LogP contribution in [0.15, 0.2) is 0 Å². The lowest BCUT2D eigenvalue weighted by atomic mass is 9.90. The largest absolute Gasteiger partial charge is 0.396 e. The topological polar surface area (TPSA) is 46.2 Å². The van der Waals surface area contributed by atoms with Gasteiger partial charge in [0.05, 0.1) is 0 Å². The van der Waals surface area contributed by atoms with Crippen LogP contribution in [-0.4, -0.2) is 18.8 Å². The zero-order chi connectivity index (χ0) is 7.82. The fourth-order valence-electron chi connectivity index (χ4n) is 1.37. The summed E-state index contributed by atoms with van der Waals surface area (Å²) in [6.45, 7) is 0.417. The van der Waals surface area contributed by atoms with Crippen molar-refractivity contribution in [2.45, 2.75) is 32.1 Å². The van der Waals surface area contributed by atoms with Gasteiger partial charge in [-0.1, -0.05) is 19.3 Å². The molecule has 0 amide bonds. The molecule has 2 heteroatoms. The van der Waals surface area contributed by atoms with Gasteiger partial charge in [-0.25, -0.2) is 0 Å². The summed E-state index contributed by atoms with van der Waals surface area (Å²) in [5.74, 6) is 0.642. The SMILES string of the molecule is CN.OCC1CCCCC1. The highest BCUT2D eigenvalue weighted by Crippen LogP contribution is 2.22. The molecule has 1 aliphatic carbocycles. The lowest BCUT2D eigenvalue weighted by Crippen LogP contribution is -2.09. The van der Waals surface area contributed by atoms with Crippen LogP contribution in [0.5, 0.6) is 0 Å². The summed E-state index contributed by atoms with van der Waals surface area (Å²) in [4.78, 5) is 0. The molecule has 0 atom stereocenters. The average molecular weight is 145 g/mol. The van der Waals surface area contributed by atoms with E-state index in [0.29, 0.717) is 12.5 Å². The van der Waals surface area contributed by atoms with Gasteiger partial charge in [-0.3, -0.25) is 0 Å². The van der Waals surface area contributed by atoms with Crippen molar-refractivity contribution in [1.82, 2.24) is 0 Å². The molecule has 1 aliphatic rings. The van der Waals surface area contributed by atoms with Crippen molar-refractivity contribution >= 4 is 0 Å². The Balaban J connectivity index is 0.000000371. The standard InChI is InChI=1S/C7H14O.CH5N/c8-6-7-4-2-1-3-5-7;1-2/h7-8H,1-6H2;2H2,1H3. The van der Waals surface area contributed by atoms with Crippen molar-refractivity contribution < 1.29 is 5.11 Å². The highest BCUT2D eigenvalue weighted by molar-refractivity contribution is 4.63. The lowest BCUT2D eigenvalue weighted by molar-refractivity contribution is 0.190. The molecule has 10 heavy (non-hydrogen) atoms. The van der Waals surface area contributed by atoms with E-state index < -0.39 is 0 Å². The van der Waals surface area contributed by atoms with Crippen LogP contribution in [0.4, 0.5) is 0 Å². The molecule has 0 bridgehead atoms. The molecule has 0 aromatic heterocycles. The van der Waals surface area contributed by atoms with E-state index in [-0.39, 0.29) is 0 Å². The molecule has 0 aromatic rings. The van der Waals surface area contributed by atoms with Gasteiger partial charge in [-0.15, -0.1) is 0 Å². The molecule has 0 heterocycles. The summed E-state index contributed by atoms with van der Waals surface area (Å²) in [6, 6.07) is 0. The fraction of sp³-hybridized carbons (Fsp3) is 1.00. The van der Waals surface area contributed by atoms with Gasteiger partial charge in [0.25, 0.3) is 0 Å². The maximum atomic E-state index is 8.69. The van der Waals surface area contributed by atoms with E-state index in [1.807, 2.05) is 0 Å². The zero-order valence-corrected chi connectivity index (χ0v) is 6.84. The molecule has 2 nitrogen and oxygen atoms in total. The Morgan fingerprint density at radius 1 is 1.20 bits per heavy atom. The molecule has 1 fully saturated rings. The highest BCUT2D eigenvalue weighted by Gasteiger charge is 2.10. The third-order valence-corrected chi connectivity index (χ3v) is 1.98. The lowest BCUT2D eigenvalue weighted by Gasteiger charge is -2.18. The third-order valence-electron chi connectivity index (χ3n) is 1.98. The number of aliphatic hydroxyl groups excluding tert-OH is 1. The van der Waals surface area contributed by atoms with Gasteiger partial charge >= 0.3 is 0 Å². The van der Waals surface area contributed by atoms with Gasteiger partial charge in [0.1, 0.15) is 0 Å². The number of hydrogen-bond donors (Lipinski definition) is 2. The first-order chi connectivity index (χ1) is 4.93. The van der Waals surface area contributed by atoms with E-state index in [9.17, 15) is 0 Å². The maximum absolute atomic E-state index is 8.69. The third kappa shape index (κ3) is 3.85. The van der Waals surface area contributed by atoms with Crippen LogP contribution in [0.1, 0.15) is 32.1 Å². The quantitative estimate of drug-likeness (QED) is 0.581. The second-order valence-corrected chi connectivity index (χ2v) is 2.69. The summed E-state index contributed by atoms with van der Waals surface area (Å²) in [5, 5.41) is 8.69. The molecule has 0 aliphatic heterocycles. The minimum absolute atomic E-state index is 0.417. The van der Waals surface area contributed by atoms with E-state index in [1.54, 1.807) is 0 Å². The Kier molecular flexibility index (Phi) is 6.98. The van der Waals surface area contributed by atoms with E-state index in [2.05, 4.69) is 5.73 Å². The van der Waals surface area contributed by atoms with Crippen molar-refractivity contribution in [2.75, 3.05) is 13.7 Å². The predicted octanol–water partition coefficient (Wildman–Crippen LogP) is 1.13. The van der Waals surface area contributed by atoms with Crippen LogP contribution < -0.4 is 5.73 Å². The van der Waals surface area contributed by atoms with Gasteiger partial charge in [0, 0.05) is 6.61 Å². The van der Waals surface area contributed by atoms with Crippen LogP contribution in [0.25, 0.3) is 0 Å². The summed E-state index contributed by atoms with van der Waals surface area (Å²) in [7, 11) is 1.50. The Bertz CT molecular complexity index is 60.3. The molecule has 0 aromatic carbocycles. The highest BCUT2D eigenvalue weighted by atomic mass is 16.3. The van der Waals surface area contributed by atoms with Gasteiger partial charge in [0.15, 0.2) is 0 Å². The minimum atomic E-state index is 0.417. The zero-order valence-electron chi connectivity index (χ0n) is 6.84. The van der Waals surface area contributed by atoms with Crippen LogP contribution in [0, 0.1) is 5.92 Å². The van der Waals surface area contributed by atoms with Crippen LogP contribution in [0.2, 0.25) is 0 Å². The van der Waals surface area contributed by atoms with Crippen molar-refractivity contribution in [2.24, 2.45) is 11.7 Å². The maximum Gasteiger partial charge on any atom is 0.0459 e. The first kappa shape index (κ1) is 9.92. The first-order valence-corrected chi connectivity index (χ1v) is 4.12. The average Bonchev–Trinajstić information content (AvgIpc) is 2.10. The molecule has 1 rings (SSSR count). The van der Waals surface area contributed by atoms with Gasteiger partial charge < -0.3 is 10.8 Å². The van der Waals surface area contributed by atoms with E-state index in [1.165, 1.54) is 39.2 Å². The summed E-state index contributed by atoms with van der Waals surface area (Å²) in [6.07, 6.45) is 6.58. The normalized spacial score (nSPS) is 19.5. The molecule has 0 unspecified atom stereocenters. The molecule has 1 saturated carbocycles. The van der Waals surface area contributed by atoms with E-state index in [4.69, 9.17) is 5.11 Å². The van der Waals surface area contributed by atoms with Crippen molar-refractivity contribution in [3.63, 3.8) is 0 Å². The Hall–Kier alpha value is -0.0800. The summed E-state index contributed by atoms with van der Waals surface area (Å²) in [5.41, 5.74) is 4.50. The van der Waals surface area contributed by atoms with E-state index in [0.717, 1.165) is 0 Å². The summed E-state index contributed by atoms with van der Waals surface area (Å²) < 4.78 is 0. The molecule has 0 radical (unpaired) electrons. The first-order valence-electron chi connectivity index (χ1n) is 4.12. The Labute approximate surface area is 63.4 Å². The second-order valence-electron chi connectivity index (χ2n) is 2.69. The molecule has 62 valence electrons. The molecular formula is C8H19NO. The number of hydrogen-bond acceptors (Lipinski definition) is 2. The van der Waals surface area contributed by atoms with Crippen LogP contribution in [-0.2, 0) is 0 Å². The molecule has 0 saturated heterocycles. The van der Waals surface area contributed by atoms with Crippen molar-refractivity contribution in [3.05, 3.63) is 0 Å². The van der Waals surface area contributed by atoms with E-state index >= 15 is 0 Å². The fourth-order valence-corrected chi connectivity index (χ4v) is 1.37. The predicted molar refractivity (Wildman–Crippen MR) is 43.8 cm³/mol.